The average Bonchev–Trinajstić information content (AvgIpc) is 2.57. The first-order valence-corrected chi connectivity index (χ1v) is 10.5. The van der Waals surface area contributed by atoms with Crippen LogP contribution in [-0.4, -0.2) is 24.6 Å². The number of carbonyl (C=O) groups excluding carboxylic acids is 2. The Kier molecular flexibility index (Phi) is 16.2. The highest BCUT2D eigenvalue weighted by atomic mass is 16.5. The molecule has 0 aliphatic carbocycles. The van der Waals surface area contributed by atoms with Gasteiger partial charge in [-0.2, -0.15) is 0 Å². The van der Waals surface area contributed by atoms with Gasteiger partial charge in [-0.3, -0.25) is 0 Å². The van der Waals surface area contributed by atoms with Crippen LogP contribution in [0.15, 0.2) is 12.2 Å². The van der Waals surface area contributed by atoms with Crippen molar-refractivity contribution in [2.45, 2.75) is 104 Å². The molecule has 0 aromatic heterocycles. The molecule has 0 aromatic carbocycles. The Morgan fingerprint density at radius 1 is 0.769 bits per heavy atom. The number of esters is 2. The first-order chi connectivity index (χ1) is 12.5. The number of hydrogen-bond donors (Lipinski definition) is 0. The van der Waals surface area contributed by atoms with Crippen molar-refractivity contribution in [3.05, 3.63) is 12.2 Å². The fourth-order valence-electron chi connectivity index (χ4n) is 2.90. The van der Waals surface area contributed by atoms with Crippen molar-refractivity contribution < 1.29 is 19.1 Å². The van der Waals surface area contributed by atoms with Crippen LogP contribution >= 0.6 is 0 Å². The van der Waals surface area contributed by atoms with E-state index in [0.29, 0.717) is 12.5 Å². The van der Waals surface area contributed by atoms with Crippen molar-refractivity contribution in [1.29, 1.82) is 0 Å². The number of rotatable bonds is 16. The molecule has 0 N–H and O–H groups in total. The smallest absolute Gasteiger partial charge is 0.331 e. The zero-order valence-electron chi connectivity index (χ0n) is 17.4. The van der Waals surface area contributed by atoms with E-state index in [2.05, 4.69) is 20.8 Å². The Hall–Kier alpha value is -1.32. The third-order valence-corrected chi connectivity index (χ3v) is 4.22. The minimum absolute atomic E-state index is 0.144. The predicted molar refractivity (Wildman–Crippen MR) is 107 cm³/mol. The average molecular weight is 369 g/mol. The molecule has 0 amide bonds. The quantitative estimate of drug-likeness (QED) is 0.191. The maximum Gasteiger partial charge on any atom is 0.331 e. The minimum Gasteiger partial charge on any atom is -0.463 e. The molecule has 0 aliphatic rings. The molecule has 0 heterocycles. The third-order valence-electron chi connectivity index (χ3n) is 4.22. The van der Waals surface area contributed by atoms with Gasteiger partial charge >= 0.3 is 11.9 Å². The van der Waals surface area contributed by atoms with Gasteiger partial charge in [-0.05, 0) is 25.7 Å². The summed E-state index contributed by atoms with van der Waals surface area (Å²) in [6, 6.07) is 0. The van der Waals surface area contributed by atoms with E-state index in [1.54, 1.807) is 0 Å². The monoisotopic (exact) mass is 368 g/mol. The lowest BCUT2D eigenvalue weighted by atomic mass is 10.1. The van der Waals surface area contributed by atoms with Gasteiger partial charge in [0.15, 0.2) is 0 Å². The second kappa shape index (κ2) is 17.1. The van der Waals surface area contributed by atoms with E-state index in [1.165, 1.54) is 51.4 Å². The van der Waals surface area contributed by atoms with Crippen LogP contribution in [0, 0.1) is 5.92 Å². The molecule has 152 valence electrons. The summed E-state index contributed by atoms with van der Waals surface area (Å²) in [7, 11) is 0. The maximum absolute atomic E-state index is 11.6. The van der Waals surface area contributed by atoms with Gasteiger partial charge in [-0.15, -0.1) is 0 Å². The fraction of sp³-hybridized carbons (Fsp3) is 0.818. The summed E-state index contributed by atoms with van der Waals surface area (Å²) in [6.07, 6.45) is 15.4. The molecule has 1 atom stereocenters. The Labute approximate surface area is 160 Å². The van der Waals surface area contributed by atoms with Crippen molar-refractivity contribution >= 4 is 11.9 Å². The number of hydrogen-bond acceptors (Lipinski definition) is 4. The van der Waals surface area contributed by atoms with Gasteiger partial charge in [0.05, 0.1) is 12.7 Å². The first kappa shape index (κ1) is 24.7. The van der Waals surface area contributed by atoms with Gasteiger partial charge < -0.3 is 9.47 Å². The number of unbranched alkanes of at least 4 members (excludes halogenated alkanes) is 9. The molecule has 0 aliphatic heterocycles. The normalized spacial score (nSPS) is 12.5. The molecule has 26 heavy (non-hydrogen) atoms. The van der Waals surface area contributed by atoms with Crippen molar-refractivity contribution in [2.24, 2.45) is 5.92 Å². The molecule has 0 saturated heterocycles. The zero-order valence-corrected chi connectivity index (χ0v) is 17.4. The van der Waals surface area contributed by atoms with Crippen LogP contribution in [0.1, 0.15) is 98.3 Å². The highest BCUT2D eigenvalue weighted by molar-refractivity contribution is 5.91. The first-order valence-electron chi connectivity index (χ1n) is 10.5. The largest absolute Gasteiger partial charge is 0.463 e. The van der Waals surface area contributed by atoms with Gasteiger partial charge in [-0.1, -0.05) is 78.6 Å². The van der Waals surface area contributed by atoms with Crippen LogP contribution in [0.25, 0.3) is 0 Å². The van der Waals surface area contributed by atoms with Gasteiger partial charge in [0, 0.05) is 12.2 Å². The minimum atomic E-state index is -0.492. The maximum atomic E-state index is 11.6. The molecule has 0 aromatic rings. The summed E-state index contributed by atoms with van der Waals surface area (Å²) < 4.78 is 10.3. The van der Waals surface area contributed by atoms with Crippen LogP contribution < -0.4 is 0 Å². The molecular formula is C22H40O4. The second-order valence-corrected chi connectivity index (χ2v) is 7.56. The molecular weight excluding hydrogens is 328 g/mol. The van der Waals surface area contributed by atoms with E-state index in [9.17, 15) is 9.59 Å². The summed E-state index contributed by atoms with van der Waals surface area (Å²) in [5, 5.41) is 0. The van der Waals surface area contributed by atoms with E-state index in [-0.39, 0.29) is 6.10 Å². The van der Waals surface area contributed by atoms with Gasteiger partial charge in [0.25, 0.3) is 0 Å². The lowest BCUT2D eigenvalue weighted by molar-refractivity contribution is -0.144. The Morgan fingerprint density at radius 2 is 1.27 bits per heavy atom. The Morgan fingerprint density at radius 3 is 1.81 bits per heavy atom. The molecule has 4 nitrogen and oxygen atoms in total. The summed E-state index contributed by atoms with van der Waals surface area (Å²) >= 11 is 0. The summed E-state index contributed by atoms with van der Waals surface area (Å²) in [5.41, 5.74) is 0. The van der Waals surface area contributed by atoms with Crippen molar-refractivity contribution in [1.82, 2.24) is 0 Å². The van der Waals surface area contributed by atoms with Gasteiger partial charge in [0.2, 0.25) is 0 Å². The standard InChI is InChI=1S/C22H40O4/c1-5-6-7-8-9-10-11-12-13-14-17-25-21(23)15-16-22(24)26-20(4)18-19(2)3/h15-16,19-20H,5-14,17-18H2,1-4H3/b16-15+. The van der Waals surface area contributed by atoms with Crippen LogP contribution in [0.4, 0.5) is 0 Å². The molecule has 0 radical (unpaired) electrons. The topological polar surface area (TPSA) is 52.6 Å². The van der Waals surface area contributed by atoms with E-state index in [0.717, 1.165) is 31.4 Å². The van der Waals surface area contributed by atoms with E-state index in [4.69, 9.17) is 9.47 Å². The SMILES string of the molecule is CCCCCCCCCCCCOC(=O)/C=C/C(=O)OC(C)CC(C)C. The molecule has 4 heteroatoms. The molecule has 0 spiro atoms. The van der Waals surface area contributed by atoms with Crippen molar-refractivity contribution in [3.63, 3.8) is 0 Å². The van der Waals surface area contributed by atoms with E-state index >= 15 is 0 Å². The number of carbonyl (C=O) groups is 2. The van der Waals surface area contributed by atoms with Crippen molar-refractivity contribution in [2.75, 3.05) is 6.61 Å². The fourth-order valence-corrected chi connectivity index (χ4v) is 2.90. The summed E-state index contributed by atoms with van der Waals surface area (Å²) in [6.45, 7) is 8.66. The second-order valence-electron chi connectivity index (χ2n) is 7.56. The summed E-state index contributed by atoms with van der Waals surface area (Å²) in [5.74, 6) is -0.503. The molecule has 0 saturated carbocycles. The third kappa shape index (κ3) is 17.5. The zero-order chi connectivity index (χ0) is 19.6. The molecule has 0 rings (SSSR count). The predicted octanol–water partition coefficient (Wildman–Crippen LogP) is 5.98. The molecule has 0 bridgehead atoms. The van der Waals surface area contributed by atoms with Crippen LogP contribution in [-0.2, 0) is 19.1 Å². The van der Waals surface area contributed by atoms with Crippen LogP contribution in [0.5, 0.6) is 0 Å². The van der Waals surface area contributed by atoms with Gasteiger partial charge in [-0.25, -0.2) is 9.59 Å². The highest BCUT2D eigenvalue weighted by Gasteiger charge is 2.09. The molecule has 0 fully saturated rings. The summed E-state index contributed by atoms with van der Waals surface area (Å²) in [4.78, 5) is 23.1. The van der Waals surface area contributed by atoms with Crippen LogP contribution in [0.2, 0.25) is 0 Å². The Balaban J connectivity index is 3.55. The highest BCUT2D eigenvalue weighted by Crippen LogP contribution is 2.10. The lowest BCUT2D eigenvalue weighted by Crippen LogP contribution is -2.15. The van der Waals surface area contributed by atoms with Gasteiger partial charge in [0.1, 0.15) is 0 Å². The van der Waals surface area contributed by atoms with Crippen molar-refractivity contribution in [3.8, 4) is 0 Å². The lowest BCUT2D eigenvalue weighted by Gasteiger charge is -2.13. The van der Waals surface area contributed by atoms with E-state index < -0.39 is 11.9 Å². The number of ether oxygens (including phenoxy) is 2. The molecule has 1 unspecified atom stereocenters. The van der Waals surface area contributed by atoms with Crippen LogP contribution in [0.3, 0.4) is 0 Å². The Bertz CT molecular complexity index is 388. The van der Waals surface area contributed by atoms with E-state index in [1.807, 2.05) is 6.92 Å².